The highest BCUT2D eigenvalue weighted by atomic mass is 35.5. The molecule has 0 atom stereocenters. The van der Waals surface area contributed by atoms with E-state index in [-0.39, 0.29) is 5.91 Å². The Balaban J connectivity index is 1.89. The number of halogens is 1. The van der Waals surface area contributed by atoms with Crippen LogP contribution in [0.5, 0.6) is 0 Å². The molecular weight excluding hydrogens is 248 g/mol. The van der Waals surface area contributed by atoms with Crippen LogP contribution < -0.4 is 11.1 Å². The molecule has 0 heterocycles. The lowest BCUT2D eigenvalue weighted by Gasteiger charge is -2.08. The number of nitrogen functional groups attached to an aromatic ring is 1. The maximum atomic E-state index is 11.9. The van der Waals surface area contributed by atoms with Crippen molar-refractivity contribution in [2.24, 2.45) is 0 Å². The maximum Gasteiger partial charge on any atom is 0.253 e. The summed E-state index contributed by atoms with van der Waals surface area (Å²) in [5.41, 5.74) is 8.00. The van der Waals surface area contributed by atoms with Crippen LogP contribution in [0, 0.1) is 0 Å². The molecule has 0 aliphatic heterocycles. The molecular formula is C14H17ClN2O. The van der Waals surface area contributed by atoms with Crippen molar-refractivity contribution in [2.45, 2.75) is 25.7 Å². The van der Waals surface area contributed by atoms with Crippen molar-refractivity contribution in [1.29, 1.82) is 0 Å². The summed E-state index contributed by atoms with van der Waals surface area (Å²) in [5.74, 6) is -0.159. The number of anilines is 1. The Hall–Kier alpha value is -1.48. The Morgan fingerprint density at radius 3 is 3.00 bits per heavy atom. The van der Waals surface area contributed by atoms with Crippen LogP contribution in [0.25, 0.3) is 0 Å². The summed E-state index contributed by atoms with van der Waals surface area (Å²) in [4.78, 5) is 11.9. The molecule has 2 rings (SSSR count). The number of carbonyl (C=O) groups excluding carboxylic acids is 1. The van der Waals surface area contributed by atoms with Crippen LogP contribution >= 0.6 is 11.6 Å². The highest BCUT2D eigenvalue weighted by molar-refractivity contribution is 6.33. The van der Waals surface area contributed by atoms with Gasteiger partial charge in [-0.1, -0.05) is 29.3 Å². The van der Waals surface area contributed by atoms with Crippen LogP contribution in [-0.4, -0.2) is 12.5 Å². The minimum atomic E-state index is -0.159. The van der Waals surface area contributed by atoms with Gasteiger partial charge in [-0.3, -0.25) is 4.79 Å². The molecule has 0 aromatic heterocycles. The van der Waals surface area contributed by atoms with Gasteiger partial charge in [-0.15, -0.1) is 0 Å². The van der Waals surface area contributed by atoms with Crippen molar-refractivity contribution >= 4 is 23.2 Å². The van der Waals surface area contributed by atoms with E-state index in [0.717, 1.165) is 12.8 Å². The van der Waals surface area contributed by atoms with Gasteiger partial charge in [0.05, 0.1) is 16.3 Å². The second kappa shape index (κ2) is 5.91. The van der Waals surface area contributed by atoms with Crippen LogP contribution in [0.15, 0.2) is 29.8 Å². The molecule has 0 spiro atoms. The van der Waals surface area contributed by atoms with Gasteiger partial charge in [-0.25, -0.2) is 0 Å². The minimum absolute atomic E-state index is 0.159. The third-order valence-corrected chi connectivity index (χ3v) is 3.49. The third kappa shape index (κ3) is 3.05. The summed E-state index contributed by atoms with van der Waals surface area (Å²) in [6.45, 7) is 0.649. The fourth-order valence-electron chi connectivity index (χ4n) is 2.13. The molecule has 3 N–H and O–H groups in total. The normalized spacial score (nSPS) is 14.4. The second-order valence-electron chi connectivity index (χ2n) is 4.46. The SMILES string of the molecule is Nc1c(Cl)cccc1C(=O)NCCC1=CCCC1. The Morgan fingerprint density at radius 2 is 2.28 bits per heavy atom. The fourth-order valence-corrected chi connectivity index (χ4v) is 2.31. The monoisotopic (exact) mass is 264 g/mol. The summed E-state index contributed by atoms with van der Waals surface area (Å²) in [6.07, 6.45) is 6.76. The van der Waals surface area contributed by atoms with Crippen LogP contribution in [0.3, 0.4) is 0 Å². The molecule has 1 aromatic rings. The number of amides is 1. The van der Waals surface area contributed by atoms with Crippen molar-refractivity contribution in [3.63, 3.8) is 0 Å². The van der Waals surface area contributed by atoms with E-state index in [4.69, 9.17) is 17.3 Å². The highest BCUT2D eigenvalue weighted by Crippen LogP contribution is 2.22. The van der Waals surface area contributed by atoms with E-state index in [9.17, 15) is 4.79 Å². The molecule has 1 aliphatic carbocycles. The molecule has 18 heavy (non-hydrogen) atoms. The van der Waals surface area contributed by atoms with Crippen LogP contribution in [0.4, 0.5) is 5.69 Å². The lowest BCUT2D eigenvalue weighted by atomic mass is 10.1. The van der Waals surface area contributed by atoms with Crippen molar-refractivity contribution in [1.82, 2.24) is 5.32 Å². The smallest absolute Gasteiger partial charge is 0.253 e. The summed E-state index contributed by atoms with van der Waals surface area (Å²) in [6, 6.07) is 5.09. The zero-order valence-electron chi connectivity index (χ0n) is 10.2. The quantitative estimate of drug-likeness (QED) is 0.648. The first kappa shape index (κ1) is 13.0. The summed E-state index contributed by atoms with van der Waals surface area (Å²) < 4.78 is 0. The zero-order chi connectivity index (χ0) is 13.0. The largest absolute Gasteiger partial charge is 0.397 e. The Morgan fingerprint density at radius 1 is 1.44 bits per heavy atom. The van der Waals surface area contributed by atoms with Gasteiger partial charge >= 0.3 is 0 Å². The first-order valence-corrected chi connectivity index (χ1v) is 6.56. The number of carbonyl (C=O) groups is 1. The molecule has 4 heteroatoms. The molecule has 0 saturated carbocycles. The lowest BCUT2D eigenvalue weighted by Crippen LogP contribution is -2.25. The summed E-state index contributed by atoms with van der Waals surface area (Å²) in [7, 11) is 0. The van der Waals surface area contributed by atoms with Gasteiger partial charge in [0.15, 0.2) is 0 Å². The third-order valence-electron chi connectivity index (χ3n) is 3.16. The number of hydrogen-bond donors (Lipinski definition) is 2. The first-order chi connectivity index (χ1) is 8.68. The molecule has 0 fully saturated rings. The van der Waals surface area contributed by atoms with Gasteiger partial charge in [-0.2, -0.15) is 0 Å². The van der Waals surface area contributed by atoms with E-state index in [0.29, 0.717) is 22.8 Å². The Bertz CT molecular complexity index is 483. The van der Waals surface area contributed by atoms with Crippen LogP contribution in [-0.2, 0) is 0 Å². The van der Waals surface area contributed by atoms with E-state index in [1.807, 2.05) is 0 Å². The van der Waals surface area contributed by atoms with Crippen LogP contribution in [0.1, 0.15) is 36.0 Å². The predicted octanol–water partition coefficient (Wildman–Crippen LogP) is 3.15. The molecule has 1 aliphatic rings. The van der Waals surface area contributed by atoms with Crippen LogP contribution in [0.2, 0.25) is 5.02 Å². The molecule has 0 radical (unpaired) electrons. The summed E-state index contributed by atoms with van der Waals surface area (Å²) in [5, 5.41) is 3.29. The minimum Gasteiger partial charge on any atom is -0.397 e. The maximum absolute atomic E-state index is 11.9. The number of rotatable bonds is 4. The Labute approximate surface area is 112 Å². The number of nitrogens with one attached hydrogen (secondary N) is 1. The van der Waals surface area contributed by atoms with E-state index < -0.39 is 0 Å². The van der Waals surface area contributed by atoms with E-state index >= 15 is 0 Å². The molecule has 0 bridgehead atoms. The number of allylic oxidation sites excluding steroid dienone is 1. The zero-order valence-corrected chi connectivity index (χ0v) is 11.0. The van der Waals surface area contributed by atoms with E-state index in [1.54, 1.807) is 18.2 Å². The highest BCUT2D eigenvalue weighted by Gasteiger charge is 2.11. The van der Waals surface area contributed by atoms with Crippen molar-refractivity contribution in [3.8, 4) is 0 Å². The van der Waals surface area contributed by atoms with Gasteiger partial charge in [0.2, 0.25) is 0 Å². The topological polar surface area (TPSA) is 55.1 Å². The summed E-state index contributed by atoms with van der Waals surface area (Å²) >= 11 is 5.88. The standard InChI is InChI=1S/C14H17ClN2O/c15-12-7-3-6-11(13(12)16)14(18)17-9-8-10-4-1-2-5-10/h3-4,6-7H,1-2,5,8-9,16H2,(H,17,18). The fraction of sp³-hybridized carbons (Fsp3) is 0.357. The average molecular weight is 265 g/mol. The lowest BCUT2D eigenvalue weighted by molar-refractivity contribution is 0.0955. The van der Waals surface area contributed by atoms with E-state index in [2.05, 4.69) is 11.4 Å². The first-order valence-electron chi connectivity index (χ1n) is 6.18. The van der Waals surface area contributed by atoms with Gasteiger partial charge < -0.3 is 11.1 Å². The molecule has 0 saturated heterocycles. The number of benzene rings is 1. The number of nitrogens with two attached hydrogens (primary N) is 1. The van der Waals surface area contributed by atoms with Crippen molar-refractivity contribution in [3.05, 3.63) is 40.4 Å². The predicted molar refractivity (Wildman–Crippen MR) is 74.7 cm³/mol. The van der Waals surface area contributed by atoms with Gasteiger partial charge in [0, 0.05) is 6.54 Å². The van der Waals surface area contributed by atoms with Crippen molar-refractivity contribution < 1.29 is 4.79 Å². The van der Waals surface area contributed by atoms with E-state index in [1.165, 1.54) is 18.4 Å². The van der Waals surface area contributed by atoms with Crippen molar-refractivity contribution in [2.75, 3.05) is 12.3 Å². The average Bonchev–Trinajstić information content (AvgIpc) is 2.85. The number of hydrogen-bond acceptors (Lipinski definition) is 2. The molecule has 3 nitrogen and oxygen atoms in total. The Kier molecular flexibility index (Phi) is 4.26. The molecule has 1 amide bonds. The molecule has 1 aromatic carbocycles. The van der Waals surface area contributed by atoms with Gasteiger partial charge in [-0.05, 0) is 37.8 Å². The molecule has 0 unspecified atom stereocenters. The van der Waals surface area contributed by atoms with Gasteiger partial charge in [0.25, 0.3) is 5.91 Å². The number of para-hydroxylation sites is 1. The second-order valence-corrected chi connectivity index (χ2v) is 4.87. The van der Waals surface area contributed by atoms with Gasteiger partial charge in [0.1, 0.15) is 0 Å². The molecule has 96 valence electrons.